The van der Waals surface area contributed by atoms with Crippen molar-refractivity contribution in [1.29, 1.82) is 0 Å². The van der Waals surface area contributed by atoms with Crippen LogP contribution in [-0.2, 0) is 17.9 Å². The van der Waals surface area contributed by atoms with Gasteiger partial charge in [0.25, 0.3) is 0 Å². The minimum Gasteiger partial charge on any atom is -0.496 e. The molecule has 0 aliphatic carbocycles. The Bertz CT molecular complexity index is 1190. The van der Waals surface area contributed by atoms with Crippen LogP contribution in [0.15, 0.2) is 58.1 Å². The minimum atomic E-state index is -0.157. The first kappa shape index (κ1) is 27.3. The molecule has 0 radical (unpaired) electrons. The van der Waals surface area contributed by atoms with Crippen LogP contribution in [0.1, 0.15) is 17.5 Å². The van der Waals surface area contributed by atoms with Crippen LogP contribution in [0.25, 0.3) is 11.3 Å². The number of carbonyl (C=O) groups excluding carboxylic acids is 1. The van der Waals surface area contributed by atoms with Crippen LogP contribution in [0.3, 0.4) is 0 Å². The van der Waals surface area contributed by atoms with Gasteiger partial charge in [0.2, 0.25) is 11.9 Å². The minimum absolute atomic E-state index is 0.115. The second-order valence-electron chi connectivity index (χ2n) is 8.21. The Morgan fingerprint density at radius 3 is 2.83 bits per heavy atom. The van der Waals surface area contributed by atoms with Crippen molar-refractivity contribution in [2.75, 3.05) is 39.2 Å². The third-order valence-corrected chi connectivity index (χ3v) is 5.79. The molecule has 2 aromatic carbocycles. The number of aromatic nitrogens is 2. The molecule has 3 aromatic rings. The number of halogens is 1. The maximum Gasteiger partial charge on any atom is 0.227 e. The lowest BCUT2D eigenvalue weighted by atomic mass is 10.1. The van der Waals surface area contributed by atoms with Crippen molar-refractivity contribution in [1.82, 2.24) is 20.2 Å². The van der Waals surface area contributed by atoms with Crippen LogP contribution >= 0.6 is 15.9 Å². The Morgan fingerprint density at radius 1 is 1.25 bits per heavy atom. The third kappa shape index (κ3) is 8.11. The van der Waals surface area contributed by atoms with Crippen molar-refractivity contribution < 1.29 is 14.6 Å². The number of aliphatic hydroxyl groups is 1. The van der Waals surface area contributed by atoms with Gasteiger partial charge in [0.15, 0.2) is 0 Å². The Labute approximate surface area is 219 Å². The highest BCUT2D eigenvalue weighted by molar-refractivity contribution is 9.10. The molecule has 0 saturated carbocycles. The van der Waals surface area contributed by atoms with Crippen LogP contribution < -0.4 is 15.4 Å². The monoisotopic (exact) mass is 554 g/mol. The summed E-state index contributed by atoms with van der Waals surface area (Å²) in [6.45, 7) is 5.71. The normalized spacial score (nSPS) is 10.8. The second kappa shape index (κ2) is 13.7. The average Bonchev–Trinajstić information content (AvgIpc) is 2.84. The van der Waals surface area contributed by atoms with Gasteiger partial charge in [-0.2, -0.15) is 0 Å². The maximum absolute atomic E-state index is 11.6. The molecule has 0 atom stereocenters. The summed E-state index contributed by atoms with van der Waals surface area (Å²) >= 11 is 3.53. The number of methoxy groups -OCH3 is 1. The predicted molar refractivity (Wildman–Crippen MR) is 146 cm³/mol. The molecule has 10 heteroatoms. The van der Waals surface area contributed by atoms with E-state index in [1.54, 1.807) is 13.3 Å². The quantitative estimate of drug-likeness (QED) is 0.275. The molecule has 0 saturated heterocycles. The molecule has 1 aromatic heterocycles. The lowest BCUT2D eigenvalue weighted by molar-refractivity contribution is -0.121. The molecule has 36 heavy (non-hydrogen) atoms. The van der Waals surface area contributed by atoms with Gasteiger partial charge in [-0.3, -0.25) is 9.79 Å². The van der Waals surface area contributed by atoms with E-state index in [1.165, 1.54) is 0 Å². The molecule has 0 unspecified atom stereocenters. The van der Waals surface area contributed by atoms with Crippen molar-refractivity contribution in [2.24, 2.45) is 4.99 Å². The number of anilines is 2. The zero-order valence-corrected chi connectivity index (χ0v) is 22.1. The second-order valence-corrected chi connectivity index (χ2v) is 9.12. The highest BCUT2D eigenvalue weighted by Crippen LogP contribution is 2.28. The number of nitrogens with zero attached hydrogens (tertiary/aromatic N) is 4. The predicted octanol–water partition coefficient (Wildman–Crippen LogP) is 3.79. The molecular formula is C26H31BrN6O3. The molecule has 0 fully saturated rings. The van der Waals surface area contributed by atoms with E-state index in [2.05, 4.69) is 54.2 Å². The summed E-state index contributed by atoms with van der Waals surface area (Å²) in [5.41, 5.74) is 4.59. The molecule has 3 N–H and O–H groups in total. The number of nitrogens with one attached hydrogen (secondary N) is 2. The fourth-order valence-corrected chi connectivity index (χ4v) is 4.20. The van der Waals surface area contributed by atoms with Gasteiger partial charge in [-0.25, -0.2) is 9.97 Å². The van der Waals surface area contributed by atoms with Crippen molar-refractivity contribution in [2.45, 2.75) is 19.5 Å². The summed E-state index contributed by atoms with van der Waals surface area (Å²) in [7, 11) is 3.62. The van der Waals surface area contributed by atoms with Crippen LogP contribution in [0, 0.1) is 0 Å². The van der Waals surface area contributed by atoms with Gasteiger partial charge in [0.05, 0.1) is 26.0 Å². The number of hydrogen-bond donors (Lipinski definition) is 3. The first-order chi connectivity index (χ1) is 17.4. The fraction of sp³-hybridized carbons (Fsp3) is 0.308. The van der Waals surface area contributed by atoms with E-state index in [0.717, 1.165) is 38.3 Å². The number of carbonyl (C=O) groups is 1. The van der Waals surface area contributed by atoms with Gasteiger partial charge in [-0.1, -0.05) is 15.9 Å². The Morgan fingerprint density at radius 2 is 2.08 bits per heavy atom. The topological polar surface area (TPSA) is 112 Å². The summed E-state index contributed by atoms with van der Waals surface area (Å²) < 4.78 is 6.50. The van der Waals surface area contributed by atoms with Crippen LogP contribution in [-0.4, -0.2) is 66.5 Å². The first-order valence-electron chi connectivity index (χ1n) is 11.5. The Hall–Kier alpha value is -3.34. The van der Waals surface area contributed by atoms with Crippen LogP contribution in [0.5, 0.6) is 5.75 Å². The summed E-state index contributed by atoms with van der Waals surface area (Å²) in [6.07, 6.45) is 1.84. The van der Waals surface area contributed by atoms with Crippen molar-refractivity contribution in [3.63, 3.8) is 0 Å². The lowest BCUT2D eigenvalue weighted by Gasteiger charge is -2.19. The molecule has 3 rings (SSSR count). The highest BCUT2D eigenvalue weighted by atomic mass is 79.9. The number of aliphatic hydroxyl groups excluding tert-OH is 1. The highest BCUT2D eigenvalue weighted by Gasteiger charge is 2.11. The van der Waals surface area contributed by atoms with Crippen molar-refractivity contribution >= 4 is 40.2 Å². The molecule has 1 heterocycles. The summed E-state index contributed by atoms with van der Waals surface area (Å²) in [4.78, 5) is 26.7. The molecular weight excluding hydrogens is 524 g/mol. The zero-order valence-electron chi connectivity index (χ0n) is 20.5. The van der Waals surface area contributed by atoms with E-state index < -0.39 is 0 Å². The van der Waals surface area contributed by atoms with Gasteiger partial charge in [-0.05, 0) is 61.8 Å². The average molecular weight is 555 g/mol. The van der Waals surface area contributed by atoms with E-state index in [0.29, 0.717) is 32.1 Å². The standard InChI is InChI=1S/C26H31BrN6O3/c1-28-16-18-12-21(27)15-22(13-18)31-26-30-8-6-23(32-26)19-4-5-24(36-3)20(14-19)17-33(2)10-9-29-25(35)7-11-34/h4-6,8,12-15,34H,1,7,9-11,16-17H2,2-3H3,(H,29,35)(H,30,31,32). The molecule has 0 aliphatic heterocycles. The number of benzene rings is 2. The van der Waals surface area contributed by atoms with Crippen LogP contribution in [0.4, 0.5) is 11.6 Å². The third-order valence-electron chi connectivity index (χ3n) is 5.33. The van der Waals surface area contributed by atoms with Gasteiger partial charge in [-0.15, -0.1) is 0 Å². The van der Waals surface area contributed by atoms with E-state index in [-0.39, 0.29) is 18.9 Å². The molecule has 0 spiro atoms. The molecule has 0 bridgehead atoms. The number of ether oxygens (including phenoxy) is 1. The first-order valence-corrected chi connectivity index (χ1v) is 12.3. The van der Waals surface area contributed by atoms with Gasteiger partial charge in [0, 0.05) is 53.5 Å². The van der Waals surface area contributed by atoms with E-state index in [4.69, 9.17) is 14.8 Å². The number of likely N-dealkylation sites (N-methyl/N-ethyl adjacent to an activating group) is 1. The van der Waals surface area contributed by atoms with E-state index >= 15 is 0 Å². The van der Waals surface area contributed by atoms with Crippen molar-refractivity contribution in [3.05, 3.63) is 64.3 Å². The Balaban J connectivity index is 1.74. The zero-order chi connectivity index (χ0) is 25.9. The van der Waals surface area contributed by atoms with Crippen molar-refractivity contribution in [3.8, 4) is 17.0 Å². The summed E-state index contributed by atoms with van der Waals surface area (Å²) in [5.74, 6) is 1.10. The van der Waals surface area contributed by atoms with Gasteiger partial charge >= 0.3 is 0 Å². The lowest BCUT2D eigenvalue weighted by Crippen LogP contribution is -2.33. The number of rotatable bonds is 13. The molecule has 1 amide bonds. The van der Waals surface area contributed by atoms with Gasteiger partial charge < -0.3 is 25.4 Å². The Kier molecular flexibility index (Phi) is 10.3. The largest absolute Gasteiger partial charge is 0.496 e. The van der Waals surface area contributed by atoms with Crippen LogP contribution in [0.2, 0.25) is 0 Å². The number of amides is 1. The van der Waals surface area contributed by atoms with E-state index in [1.807, 2.05) is 43.4 Å². The molecule has 9 nitrogen and oxygen atoms in total. The number of hydrogen-bond acceptors (Lipinski definition) is 8. The molecule has 190 valence electrons. The fourth-order valence-electron chi connectivity index (χ4n) is 3.66. The smallest absolute Gasteiger partial charge is 0.227 e. The number of aliphatic imine (C=N–C) groups is 1. The van der Waals surface area contributed by atoms with Gasteiger partial charge in [0.1, 0.15) is 5.75 Å². The summed E-state index contributed by atoms with van der Waals surface area (Å²) in [5, 5.41) is 14.9. The molecule has 0 aliphatic rings. The summed E-state index contributed by atoms with van der Waals surface area (Å²) in [6, 6.07) is 13.8. The SMILES string of the molecule is C=NCc1cc(Br)cc(Nc2nccc(-c3ccc(OC)c(CN(C)CCNC(=O)CCO)c3)n2)c1. The van der Waals surface area contributed by atoms with E-state index in [9.17, 15) is 4.79 Å². The maximum atomic E-state index is 11.6.